The van der Waals surface area contributed by atoms with Gasteiger partial charge in [-0.05, 0) is 31.2 Å². The number of aromatic nitrogens is 1. The molecule has 2 rings (SSSR count). The van der Waals surface area contributed by atoms with Crippen molar-refractivity contribution in [2.75, 3.05) is 18.5 Å². The van der Waals surface area contributed by atoms with Gasteiger partial charge in [0.05, 0.1) is 5.02 Å². The smallest absolute Gasteiger partial charge is 0.271 e. The average molecular weight is 314 g/mol. The molecule has 1 fully saturated rings. The van der Waals surface area contributed by atoms with Crippen molar-refractivity contribution in [2.24, 2.45) is 0 Å². The van der Waals surface area contributed by atoms with Gasteiger partial charge in [0, 0.05) is 11.3 Å². The molecule has 0 saturated heterocycles. The highest BCUT2D eigenvalue weighted by Crippen LogP contribution is 2.38. The zero-order valence-corrected chi connectivity index (χ0v) is 13.2. The first-order valence-electron chi connectivity index (χ1n) is 6.82. The molecule has 1 aromatic heterocycles. The molecule has 0 atom stereocenters. The van der Waals surface area contributed by atoms with Crippen LogP contribution in [0.5, 0.6) is 0 Å². The van der Waals surface area contributed by atoms with Crippen LogP contribution in [0.25, 0.3) is 0 Å². The summed E-state index contributed by atoms with van der Waals surface area (Å²) in [6.07, 6.45) is 8.16. The topological polar surface area (TPSA) is 68.0 Å². The van der Waals surface area contributed by atoms with E-state index in [1.807, 2.05) is 11.8 Å². The summed E-state index contributed by atoms with van der Waals surface area (Å²) in [5.41, 5.74) is 5.81. The molecule has 1 aromatic rings. The van der Waals surface area contributed by atoms with Crippen LogP contribution in [-0.2, 0) is 0 Å². The molecule has 1 amide bonds. The molecule has 20 heavy (non-hydrogen) atoms. The summed E-state index contributed by atoms with van der Waals surface area (Å²) in [5, 5.41) is 3.30. The molecule has 1 saturated carbocycles. The predicted molar refractivity (Wildman–Crippen MR) is 85.3 cm³/mol. The van der Waals surface area contributed by atoms with Gasteiger partial charge in [0.25, 0.3) is 5.91 Å². The Hall–Kier alpha value is -0.940. The average Bonchev–Trinajstić information content (AvgIpc) is 2.48. The number of halogens is 1. The van der Waals surface area contributed by atoms with Gasteiger partial charge in [0.2, 0.25) is 0 Å². The van der Waals surface area contributed by atoms with E-state index in [-0.39, 0.29) is 16.3 Å². The third kappa shape index (κ3) is 3.58. The van der Waals surface area contributed by atoms with Crippen LogP contribution in [0.4, 0.5) is 5.82 Å². The quantitative estimate of drug-likeness (QED) is 0.896. The minimum Gasteiger partial charge on any atom is -0.384 e. The van der Waals surface area contributed by atoms with Crippen molar-refractivity contribution in [1.82, 2.24) is 10.3 Å². The second-order valence-corrected chi connectivity index (χ2v) is 6.88. The Morgan fingerprint density at radius 1 is 1.45 bits per heavy atom. The monoisotopic (exact) mass is 313 g/mol. The van der Waals surface area contributed by atoms with Crippen molar-refractivity contribution in [3.63, 3.8) is 0 Å². The summed E-state index contributed by atoms with van der Waals surface area (Å²) in [7, 11) is 0. The van der Waals surface area contributed by atoms with Gasteiger partial charge in [0.1, 0.15) is 11.5 Å². The lowest BCUT2D eigenvalue weighted by molar-refractivity contribution is 0.0942. The van der Waals surface area contributed by atoms with Crippen molar-refractivity contribution < 1.29 is 4.79 Å². The van der Waals surface area contributed by atoms with E-state index in [4.69, 9.17) is 17.3 Å². The molecule has 6 heteroatoms. The number of nitrogens with zero attached hydrogens (tertiary/aromatic N) is 1. The maximum absolute atomic E-state index is 12.2. The summed E-state index contributed by atoms with van der Waals surface area (Å²) in [6, 6.07) is 3.19. The van der Waals surface area contributed by atoms with Crippen LogP contribution in [0, 0.1) is 0 Å². The molecule has 0 bridgehead atoms. The molecule has 4 nitrogen and oxygen atoms in total. The number of amides is 1. The van der Waals surface area contributed by atoms with Gasteiger partial charge in [-0.15, -0.1) is 0 Å². The molecule has 110 valence electrons. The molecule has 0 aliphatic heterocycles. The highest BCUT2D eigenvalue weighted by atomic mass is 35.5. The van der Waals surface area contributed by atoms with E-state index in [0.29, 0.717) is 17.4 Å². The molecule has 1 heterocycles. The van der Waals surface area contributed by atoms with E-state index in [9.17, 15) is 4.79 Å². The van der Waals surface area contributed by atoms with Crippen LogP contribution in [0.3, 0.4) is 0 Å². The first-order valence-corrected chi connectivity index (χ1v) is 8.42. The van der Waals surface area contributed by atoms with Gasteiger partial charge < -0.3 is 11.1 Å². The molecule has 0 radical (unpaired) electrons. The van der Waals surface area contributed by atoms with Gasteiger partial charge in [-0.3, -0.25) is 4.79 Å². The zero-order chi connectivity index (χ0) is 14.6. The van der Waals surface area contributed by atoms with E-state index in [1.54, 1.807) is 12.1 Å². The van der Waals surface area contributed by atoms with Crippen LogP contribution in [-0.4, -0.2) is 28.4 Å². The minimum absolute atomic E-state index is 0.153. The Labute approximate surface area is 128 Å². The van der Waals surface area contributed by atoms with Crippen molar-refractivity contribution in [1.29, 1.82) is 0 Å². The SMILES string of the molecule is CSC1(CNC(=O)c2nc(N)ccc2Cl)CCCCC1. The largest absolute Gasteiger partial charge is 0.384 e. The summed E-state index contributed by atoms with van der Waals surface area (Å²) in [4.78, 5) is 16.2. The predicted octanol–water partition coefficient (Wildman–Crippen LogP) is 3.11. The van der Waals surface area contributed by atoms with Crippen molar-refractivity contribution in [2.45, 2.75) is 36.9 Å². The molecular weight excluding hydrogens is 294 g/mol. The number of nitrogens with two attached hydrogens (primary N) is 1. The number of nitrogens with one attached hydrogen (secondary N) is 1. The van der Waals surface area contributed by atoms with E-state index in [2.05, 4.69) is 16.6 Å². The number of rotatable bonds is 4. The Kier molecular flexibility index (Phi) is 5.16. The molecule has 3 N–H and O–H groups in total. The fourth-order valence-corrected chi connectivity index (χ4v) is 3.70. The Morgan fingerprint density at radius 2 is 2.15 bits per heavy atom. The number of carbonyl (C=O) groups excluding carboxylic acids is 1. The van der Waals surface area contributed by atoms with Gasteiger partial charge in [0.15, 0.2) is 0 Å². The Morgan fingerprint density at radius 3 is 2.80 bits per heavy atom. The van der Waals surface area contributed by atoms with E-state index in [1.165, 1.54) is 19.3 Å². The number of hydrogen-bond acceptors (Lipinski definition) is 4. The summed E-state index contributed by atoms with van der Waals surface area (Å²) in [6.45, 7) is 0.653. The molecule has 1 aliphatic rings. The Bertz CT molecular complexity index is 489. The minimum atomic E-state index is -0.249. The van der Waals surface area contributed by atoms with E-state index >= 15 is 0 Å². The third-order valence-corrected chi connectivity index (χ3v) is 5.58. The zero-order valence-electron chi connectivity index (χ0n) is 11.6. The van der Waals surface area contributed by atoms with Crippen molar-refractivity contribution in [3.8, 4) is 0 Å². The fourth-order valence-electron chi connectivity index (χ4n) is 2.59. The summed E-state index contributed by atoms with van der Waals surface area (Å²) < 4.78 is 0.153. The van der Waals surface area contributed by atoms with Crippen LogP contribution in [0.15, 0.2) is 12.1 Å². The first kappa shape index (κ1) is 15.4. The lowest BCUT2D eigenvalue weighted by Crippen LogP contribution is -2.42. The number of anilines is 1. The second kappa shape index (κ2) is 6.68. The summed E-state index contributed by atoms with van der Waals surface area (Å²) >= 11 is 7.84. The van der Waals surface area contributed by atoms with E-state index in [0.717, 1.165) is 12.8 Å². The molecule has 0 unspecified atom stereocenters. The van der Waals surface area contributed by atoms with Crippen LogP contribution in [0.2, 0.25) is 5.02 Å². The van der Waals surface area contributed by atoms with Gasteiger partial charge in [-0.25, -0.2) is 4.98 Å². The van der Waals surface area contributed by atoms with Crippen molar-refractivity contribution in [3.05, 3.63) is 22.8 Å². The fraction of sp³-hybridized carbons (Fsp3) is 0.571. The lowest BCUT2D eigenvalue weighted by atomic mass is 9.88. The number of nitrogen functional groups attached to an aromatic ring is 1. The molecule has 0 spiro atoms. The number of hydrogen-bond donors (Lipinski definition) is 2. The normalized spacial score (nSPS) is 17.7. The summed E-state index contributed by atoms with van der Waals surface area (Å²) in [5.74, 6) is 0.0538. The molecular formula is C14H20ClN3OS. The first-order chi connectivity index (χ1) is 9.56. The van der Waals surface area contributed by atoms with Crippen molar-refractivity contribution >= 4 is 35.1 Å². The third-order valence-electron chi connectivity index (χ3n) is 3.85. The maximum Gasteiger partial charge on any atom is 0.271 e. The van der Waals surface area contributed by atoms with Gasteiger partial charge in [-0.1, -0.05) is 30.9 Å². The number of carbonyl (C=O) groups is 1. The highest BCUT2D eigenvalue weighted by molar-refractivity contribution is 8.00. The lowest BCUT2D eigenvalue weighted by Gasteiger charge is -2.35. The van der Waals surface area contributed by atoms with Gasteiger partial charge >= 0.3 is 0 Å². The number of thioether (sulfide) groups is 1. The van der Waals surface area contributed by atoms with Gasteiger partial charge in [-0.2, -0.15) is 11.8 Å². The Balaban J connectivity index is 2.02. The number of pyridine rings is 1. The standard InChI is InChI=1S/C14H20ClN3OS/c1-20-14(7-3-2-4-8-14)9-17-13(19)12-10(15)5-6-11(16)18-12/h5-6H,2-4,7-9H2,1H3,(H2,16,18)(H,17,19). The van der Waals surface area contributed by atoms with E-state index < -0.39 is 0 Å². The second-order valence-electron chi connectivity index (χ2n) is 5.20. The van der Waals surface area contributed by atoms with Crippen LogP contribution >= 0.6 is 23.4 Å². The van der Waals surface area contributed by atoms with Crippen LogP contribution < -0.4 is 11.1 Å². The molecule has 1 aliphatic carbocycles. The van der Waals surface area contributed by atoms with Crippen LogP contribution in [0.1, 0.15) is 42.6 Å². The maximum atomic E-state index is 12.2. The highest BCUT2D eigenvalue weighted by Gasteiger charge is 2.31. The molecule has 0 aromatic carbocycles.